The number of likely N-dealkylation sites (tertiary alicyclic amines) is 1. The molecule has 1 aromatic heterocycles. The average Bonchev–Trinajstić information content (AvgIpc) is 3.25. The maximum atomic E-state index is 13.9. The number of carbonyl (C=O) groups excluding carboxylic acids is 1. The predicted octanol–water partition coefficient (Wildman–Crippen LogP) is 4.85. The first-order chi connectivity index (χ1) is 18.0. The Labute approximate surface area is 218 Å². The summed E-state index contributed by atoms with van der Waals surface area (Å²) >= 11 is 0. The SMILES string of the molecule is CCOC(=O)C(=N)c1nc2ccccc2n([C@@H]2C[C@H]3N(C4CC5CCCCC(C5)C4)[C@@H]4CCCC432)c1=O. The van der Waals surface area contributed by atoms with E-state index in [9.17, 15) is 9.59 Å². The molecule has 1 spiro atoms. The molecule has 5 aliphatic rings. The van der Waals surface area contributed by atoms with Gasteiger partial charge < -0.3 is 9.30 Å². The minimum atomic E-state index is -0.786. The summed E-state index contributed by atoms with van der Waals surface area (Å²) in [6.45, 7) is 1.87. The van der Waals surface area contributed by atoms with Gasteiger partial charge in [0.15, 0.2) is 11.4 Å². The quantitative estimate of drug-likeness (QED) is 0.466. The van der Waals surface area contributed by atoms with Crippen molar-refractivity contribution in [3.63, 3.8) is 0 Å². The number of piperidine rings is 1. The fourth-order valence-corrected chi connectivity index (χ4v) is 9.38. The van der Waals surface area contributed by atoms with Crippen LogP contribution in [-0.2, 0) is 9.53 Å². The van der Waals surface area contributed by atoms with Crippen LogP contribution in [0, 0.1) is 22.7 Å². The molecule has 196 valence electrons. The number of hydrogen-bond acceptors (Lipinski definition) is 6. The minimum absolute atomic E-state index is 0.0842. The van der Waals surface area contributed by atoms with E-state index < -0.39 is 11.7 Å². The zero-order valence-corrected chi connectivity index (χ0v) is 21.8. The molecule has 7 heteroatoms. The first-order valence-corrected chi connectivity index (χ1v) is 14.6. The van der Waals surface area contributed by atoms with Crippen molar-refractivity contribution in [2.75, 3.05) is 6.61 Å². The van der Waals surface area contributed by atoms with Crippen molar-refractivity contribution in [3.8, 4) is 0 Å². The third-order valence-electron chi connectivity index (χ3n) is 10.7. The summed E-state index contributed by atoms with van der Waals surface area (Å²) in [5.41, 5.74) is 0.774. The van der Waals surface area contributed by atoms with Gasteiger partial charge in [0.05, 0.1) is 17.6 Å². The van der Waals surface area contributed by atoms with Crippen LogP contribution in [0.1, 0.15) is 89.3 Å². The van der Waals surface area contributed by atoms with Crippen LogP contribution < -0.4 is 5.56 Å². The Bertz CT molecular complexity index is 1310. The van der Waals surface area contributed by atoms with E-state index in [4.69, 9.17) is 10.1 Å². The Kier molecular flexibility index (Phi) is 5.58. The predicted molar refractivity (Wildman–Crippen MR) is 142 cm³/mol. The Balaban J connectivity index is 1.24. The summed E-state index contributed by atoms with van der Waals surface area (Å²) in [6, 6.07) is 9.61. The van der Waals surface area contributed by atoms with E-state index in [1.165, 1.54) is 57.8 Å². The topological polar surface area (TPSA) is 88.3 Å². The van der Waals surface area contributed by atoms with Crippen molar-refractivity contribution in [3.05, 3.63) is 40.3 Å². The van der Waals surface area contributed by atoms with Crippen molar-refractivity contribution in [1.82, 2.24) is 14.5 Å². The third kappa shape index (κ3) is 3.35. The number of rotatable bonds is 5. The summed E-state index contributed by atoms with van der Waals surface area (Å²) in [6.07, 6.45) is 14.4. The molecule has 37 heavy (non-hydrogen) atoms. The van der Waals surface area contributed by atoms with E-state index in [1.54, 1.807) is 6.92 Å². The van der Waals surface area contributed by atoms with Crippen LogP contribution in [0.4, 0.5) is 0 Å². The van der Waals surface area contributed by atoms with Crippen LogP contribution in [0.25, 0.3) is 11.0 Å². The lowest BCUT2D eigenvalue weighted by Crippen LogP contribution is -2.81. The van der Waals surface area contributed by atoms with Gasteiger partial charge in [-0.25, -0.2) is 9.78 Å². The second-order valence-electron chi connectivity index (χ2n) is 12.3. The number of ether oxygens (including phenoxy) is 1. The second-order valence-corrected chi connectivity index (χ2v) is 12.3. The summed E-state index contributed by atoms with van der Waals surface area (Å²) in [7, 11) is 0. The van der Waals surface area contributed by atoms with Gasteiger partial charge in [-0.05, 0) is 69.4 Å². The van der Waals surface area contributed by atoms with Gasteiger partial charge in [-0.3, -0.25) is 15.1 Å². The summed E-state index contributed by atoms with van der Waals surface area (Å²) in [4.78, 5) is 33.7. The van der Waals surface area contributed by atoms with Crippen molar-refractivity contribution < 1.29 is 9.53 Å². The first kappa shape index (κ1) is 23.6. The number of benzene rings is 1. The molecular weight excluding hydrogens is 464 g/mol. The van der Waals surface area contributed by atoms with Gasteiger partial charge in [0.1, 0.15) is 0 Å². The van der Waals surface area contributed by atoms with E-state index in [0.717, 1.165) is 30.2 Å². The van der Waals surface area contributed by atoms with Crippen LogP contribution in [0.2, 0.25) is 0 Å². The molecule has 4 aliphatic carbocycles. The molecule has 2 heterocycles. The highest BCUT2D eigenvalue weighted by molar-refractivity contribution is 6.41. The molecule has 5 fully saturated rings. The highest BCUT2D eigenvalue weighted by Gasteiger charge is 2.74. The van der Waals surface area contributed by atoms with Gasteiger partial charge in [-0.1, -0.05) is 44.2 Å². The molecule has 2 bridgehead atoms. The van der Waals surface area contributed by atoms with Crippen LogP contribution in [0.5, 0.6) is 0 Å². The fourth-order valence-electron chi connectivity index (χ4n) is 9.38. The molecule has 1 aromatic carbocycles. The zero-order chi connectivity index (χ0) is 25.3. The van der Waals surface area contributed by atoms with Crippen LogP contribution >= 0.6 is 0 Å². The number of nitrogens with one attached hydrogen (secondary N) is 1. The summed E-state index contributed by atoms with van der Waals surface area (Å²) < 4.78 is 6.96. The maximum absolute atomic E-state index is 13.9. The molecule has 2 aromatic rings. The van der Waals surface area contributed by atoms with Gasteiger partial charge >= 0.3 is 5.97 Å². The number of hydrogen-bond donors (Lipinski definition) is 1. The molecule has 1 N–H and O–H groups in total. The molecule has 7 rings (SSSR count). The van der Waals surface area contributed by atoms with Gasteiger partial charge in [-0.15, -0.1) is 0 Å². The Morgan fingerprint density at radius 1 is 1.03 bits per heavy atom. The van der Waals surface area contributed by atoms with Crippen molar-refractivity contribution in [2.24, 2.45) is 17.3 Å². The Morgan fingerprint density at radius 3 is 2.54 bits per heavy atom. The van der Waals surface area contributed by atoms with E-state index in [0.29, 0.717) is 23.6 Å². The molecule has 1 aliphatic heterocycles. The first-order valence-electron chi connectivity index (χ1n) is 14.6. The second kappa shape index (κ2) is 8.75. The molecule has 3 unspecified atom stereocenters. The van der Waals surface area contributed by atoms with Crippen LogP contribution in [-0.4, -0.2) is 50.9 Å². The number of fused-ring (bicyclic) bond motifs is 3. The molecule has 7 nitrogen and oxygen atoms in total. The van der Waals surface area contributed by atoms with Gasteiger partial charge in [0.2, 0.25) is 0 Å². The minimum Gasteiger partial charge on any atom is -0.461 e. The van der Waals surface area contributed by atoms with E-state index in [2.05, 4.69) is 9.88 Å². The van der Waals surface area contributed by atoms with Crippen molar-refractivity contribution in [1.29, 1.82) is 5.41 Å². The van der Waals surface area contributed by atoms with Crippen LogP contribution in [0.3, 0.4) is 0 Å². The molecule has 6 atom stereocenters. The highest BCUT2D eigenvalue weighted by Crippen LogP contribution is 2.71. The standard InChI is InChI=1S/C30H38N4O3/c1-2-37-29(36)26(31)27-28(35)34(22-11-6-5-10-21(22)32-27)25-17-24-30(25)13-7-12-23(30)33(24)20-15-18-8-3-4-9-19(14-18)16-20/h5-6,10-11,18-20,23-25,31H,2-4,7-9,12-17H2,1H3/t18?,19?,20?,23-,24-,25-,30?/m1/s1. The molecular formula is C30H38N4O3. The lowest BCUT2D eigenvalue weighted by atomic mass is 9.49. The third-order valence-corrected chi connectivity index (χ3v) is 10.7. The summed E-state index contributed by atoms with van der Waals surface area (Å²) in [5, 5.41) is 8.40. The number of nitrogens with zero attached hydrogens (tertiary/aromatic N) is 3. The highest BCUT2D eigenvalue weighted by atomic mass is 16.5. The number of carbonyl (C=O) groups is 1. The maximum Gasteiger partial charge on any atom is 0.358 e. The lowest BCUT2D eigenvalue weighted by molar-refractivity contribution is -0.245. The van der Waals surface area contributed by atoms with Crippen LogP contribution in [0.15, 0.2) is 29.1 Å². The number of para-hydroxylation sites is 2. The molecule has 0 radical (unpaired) electrons. The zero-order valence-electron chi connectivity index (χ0n) is 21.8. The largest absolute Gasteiger partial charge is 0.461 e. The Hall–Kier alpha value is -2.54. The molecule has 4 saturated carbocycles. The van der Waals surface area contributed by atoms with E-state index >= 15 is 0 Å². The van der Waals surface area contributed by atoms with Gasteiger partial charge in [-0.2, -0.15) is 0 Å². The molecule has 0 amide bonds. The van der Waals surface area contributed by atoms with E-state index in [-0.39, 0.29) is 29.3 Å². The van der Waals surface area contributed by atoms with Crippen molar-refractivity contribution >= 4 is 22.7 Å². The van der Waals surface area contributed by atoms with E-state index in [1.807, 2.05) is 28.8 Å². The average molecular weight is 503 g/mol. The van der Waals surface area contributed by atoms with Gasteiger partial charge in [0, 0.05) is 29.6 Å². The monoisotopic (exact) mass is 502 g/mol. The summed E-state index contributed by atoms with van der Waals surface area (Å²) in [5.74, 6) is 1.02. The normalized spacial score (nSPS) is 36.6. The number of esters is 1. The fraction of sp³-hybridized carbons (Fsp3) is 0.667. The number of aromatic nitrogens is 2. The van der Waals surface area contributed by atoms with Gasteiger partial charge in [0.25, 0.3) is 5.56 Å². The van der Waals surface area contributed by atoms with Crippen molar-refractivity contribution in [2.45, 2.75) is 102 Å². The smallest absolute Gasteiger partial charge is 0.358 e. The Morgan fingerprint density at radius 2 is 1.78 bits per heavy atom. The lowest BCUT2D eigenvalue weighted by Gasteiger charge is -2.74. The molecule has 1 saturated heterocycles.